The monoisotopic (exact) mass is 171 g/mol. The van der Waals surface area contributed by atoms with Crippen molar-refractivity contribution in [2.75, 3.05) is 20.3 Å². The van der Waals surface area contributed by atoms with Crippen LogP contribution in [-0.2, 0) is 4.74 Å². The Morgan fingerprint density at radius 2 is 2.25 bits per heavy atom. The minimum Gasteiger partial charge on any atom is -0.385 e. The third kappa shape index (κ3) is 4.07. The summed E-state index contributed by atoms with van der Waals surface area (Å²) in [4.78, 5) is 0. The van der Waals surface area contributed by atoms with Gasteiger partial charge in [-0.3, -0.25) is 0 Å². The van der Waals surface area contributed by atoms with Gasteiger partial charge in [0, 0.05) is 19.8 Å². The van der Waals surface area contributed by atoms with Crippen molar-refractivity contribution >= 4 is 0 Å². The molecule has 0 radical (unpaired) electrons. The number of ether oxygens (including phenoxy) is 1. The van der Waals surface area contributed by atoms with Crippen LogP contribution in [0.3, 0.4) is 0 Å². The lowest BCUT2D eigenvalue weighted by atomic mass is 10.00. The Balaban J connectivity index is 1.91. The number of hydrogen-bond donors (Lipinski definition) is 1. The number of piperidine rings is 1. The second-order valence-corrected chi connectivity index (χ2v) is 3.64. The van der Waals surface area contributed by atoms with Crippen molar-refractivity contribution in [3.8, 4) is 0 Å². The minimum atomic E-state index is 0.801. The highest BCUT2D eigenvalue weighted by atomic mass is 16.5. The van der Waals surface area contributed by atoms with E-state index in [2.05, 4.69) is 5.32 Å². The van der Waals surface area contributed by atoms with E-state index in [4.69, 9.17) is 4.74 Å². The van der Waals surface area contributed by atoms with E-state index in [0.29, 0.717) is 0 Å². The van der Waals surface area contributed by atoms with Crippen molar-refractivity contribution in [1.29, 1.82) is 0 Å². The van der Waals surface area contributed by atoms with Gasteiger partial charge in [-0.15, -0.1) is 0 Å². The van der Waals surface area contributed by atoms with E-state index >= 15 is 0 Å². The van der Waals surface area contributed by atoms with E-state index in [1.165, 1.54) is 45.1 Å². The molecular formula is C10H21NO. The van der Waals surface area contributed by atoms with Gasteiger partial charge in [0.15, 0.2) is 0 Å². The molecule has 1 saturated heterocycles. The molecule has 1 N–H and O–H groups in total. The zero-order valence-electron chi connectivity index (χ0n) is 8.14. The molecule has 1 atom stereocenters. The molecule has 0 aliphatic carbocycles. The number of unbranched alkanes of at least 4 members (excludes halogenated alkanes) is 1. The smallest absolute Gasteiger partial charge is 0.0462 e. The van der Waals surface area contributed by atoms with Crippen LogP contribution in [0.1, 0.15) is 38.5 Å². The van der Waals surface area contributed by atoms with Gasteiger partial charge in [0.1, 0.15) is 0 Å². The fraction of sp³-hybridized carbons (Fsp3) is 1.00. The van der Waals surface area contributed by atoms with Gasteiger partial charge in [-0.05, 0) is 38.6 Å². The molecule has 1 heterocycles. The maximum atomic E-state index is 5.01. The van der Waals surface area contributed by atoms with Gasteiger partial charge >= 0.3 is 0 Å². The van der Waals surface area contributed by atoms with Gasteiger partial charge in [0.25, 0.3) is 0 Å². The summed E-state index contributed by atoms with van der Waals surface area (Å²) in [5, 5.41) is 3.56. The molecule has 0 saturated carbocycles. The zero-order valence-corrected chi connectivity index (χ0v) is 8.14. The highest BCUT2D eigenvalue weighted by molar-refractivity contribution is 4.71. The normalized spacial score (nSPS) is 24.2. The van der Waals surface area contributed by atoms with Gasteiger partial charge < -0.3 is 10.1 Å². The van der Waals surface area contributed by atoms with Crippen molar-refractivity contribution in [1.82, 2.24) is 5.32 Å². The molecule has 0 aromatic carbocycles. The Bertz CT molecular complexity index is 100. The molecule has 0 spiro atoms. The average molecular weight is 171 g/mol. The Morgan fingerprint density at radius 1 is 1.33 bits per heavy atom. The van der Waals surface area contributed by atoms with Crippen molar-refractivity contribution in [3.63, 3.8) is 0 Å². The molecule has 2 nitrogen and oxygen atoms in total. The van der Waals surface area contributed by atoms with Crippen molar-refractivity contribution in [2.24, 2.45) is 0 Å². The van der Waals surface area contributed by atoms with Crippen LogP contribution in [-0.4, -0.2) is 26.3 Å². The SMILES string of the molecule is COCCCCC1CCCCN1. The first-order valence-electron chi connectivity index (χ1n) is 5.16. The summed E-state index contributed by atoms with van der Waals surface area (Å²) >= 11 is 0. The molecule has 72 valence electrons. The Morgan fingerprint density at radius 3 is 2.92 bits per heavy atom. The summed E-state index contributed by atoms with van der Waals surface area (Å²) in [5.41, 5.74) is 0. The highest BCUT2D eigenvalue weighted by Crippen LogP contribution is 2.12. The Kier molecular flexibility index (Phi) is 5.37. The van der Waals surface area contributed by atoms with E-state index in [9.17, 15) is 0 Å². The molecule has 0 bridgehead atoms. The lowest BCUT2D eigenvalue weighted by molar-refractivity contribution is 0.190. The predicted molar refractivity (Wildman–Crippen MR) is 51.4 cm³/mol. The topological polar surface area (TPSA) is 21.3 Å². The fourth-order valence-electron chi connectivity index (χ4n) is 1.81. The second-order valence-electron chi connectivity index (χ2n) is 3.64. The molecule has 0 aromatic rings. The molecule has 1 aliphatic rings. The first-order valence-corrected chi connectivity index (χ1v) is 5.16. The van der Waals surface area contributed by atoms with Crippen LogP contribution in [0, 0.1) is 0 Å². The van der Waals surface area contributed by atoms with E-state index in [1.54, 1.807) is 7.11 Å². The molecule has 1 fully saturated rings. The van der Waals surface area contributed by atoms with Crippen LogP contribution in [0.2, 0.25) is 0 Å². The molecule has 0 amide bonds. The molecule has 1 aliphatic heterocycles. The van der Waals surface area contributed by atoms with Gasteiger partial charge in [-0.25, -0.2) is 0 Å². The van der Waals surface area contributed by atoms with Crippen molar-refractivity contribution < 1.29 is 4.74 Å². The van der Waals surface area contributed by atoms with Crippen LogP contribution in [0.4, 0.5) is 0 Å². The first kappa shape index (κ1) is 10.0. The quantitative estimate of drug-likeness (QED) is 0.638. The summed E-state index contributed by atoms with van der Waals surface area (Å²) in [6.45, 7) is 2.15. The maximum Gasteiger partial charge on any atom is 0.0462 e. The zero-order chi connectivity index (χ0) is 8.65. The van der Waals surface area contributed by atoms with Crippen molar-refractivity contribution in [3.05, 3.63) is 0 Å². The van der Waals surface area contributed by atoms with Crippen molar-refractivity contribution in [2.45, 2.75) is 44.6 Å². The summed E-state index contributed by atoms with van der Waals surface area (Å²) in [6, 6.07) is 0.801. The van der Waals surface area contributed by atoms with E-state index < -0.39 is 0 Å². The molecule has 2 heteroatoms. The second kappa shape index (κ2) is 6.44. The Labute approximate surface area is 75.7 Å². The van der Waals surface area contributed by atoms with Crippen LogP contribution in [0.15, 0.2) is 0 Å². The van der Waals surface area contributed by atoms with Crippen LogP contribution >= 0.6 is 0 Å². The lowest BCUT2D eigenvalue weighted by Crippen LogP contribution is -2.33. The average Bonchev–Trinajstić information content (AvgIpc) is 2.14. The van der Waals surface area contributed by atoms with Gasteiger partial charge in [0.05, 0.1) is 0 Å². The highest BCUT2D eigenvalue weighted by Gasteiger charge is 2.10. The molecule has 1 rings (SSSR count). The summed E-state index contributed by atoms with van der Waals surface area (Å²) in [5.74, 6) is 0. The molecular weight excluding hydrogens is 150 g/mol. The number of nitrogens with one attached hydrogen (secondary N) is 1. The largest absolute Gasteiger partial charge is 0.385 e. The molecule has 12 heavy (non-hydrogen) atoms. The Hall–Kier alpha value is -0.0800. The standard InChI is InChI=1S/C10H21NO/c1-12-9-5-3-7-10-6-2-4-8-11-10/h10-11H,2-9H2,1H3. The summed E-state index contributed by atoms with van der Waals surface area (Å²) in [6.07, 6.45) is 8.03. The van der Waals surface area contributed by atoms with E-state index in [-0.39, 0.29) is 0 Å². The number of hydrogen-bond acceptors (Lipinski definition) is 2. The van der Waals surface area contributed by atoms with E-state index in [1.807, 2.05) is 0 Å². The van der Waals surface area contributed by atoms with Crippen LogP contribution in [0.25, 0.3) is 0 Å². The summed E-state index contributed by atoms with van der Waals surface area (Å²) < 4.78 is 5.01. The third-order valence-electron chi connectivity index (χ3n) is 2.56. The first-order chi connectivity index (χ1) is 5.93. The molecule has 0 aromatic heterocycles. The lowest BCUT2D eigenvalue weighted by Gasteiger charge is -2.23. The maximum absolute atomic E-state index is 5.01. The number of methoxy groups -OCH3 is 1. The third-order valence-corrected chi connectivity index (χ3v) is 2.56. The van der Waals surface area contributed by atoms with E-state index in [0.717, 1.165) is 12.6 Å². The number of rotatable bonds is 5. The van der Waals surface area contributed by atoms with Gasteiger partial charge in [-0.1, -0.05) is 6.42 Å². The predicted octanol–water partition coefficient (Wildman–Crippen LogP) is 1.95. The van der Waals surface area contributed by atoms with Crippen LogP contribution < -0.4 is 5.32 Å². The fourth-order valence-corrected chi connectivity index (χ4v) is 1.81. The van der Waals surface area contributed by atoms with Crippen LogP contribution in [0.5, 0.6) is 0 Å². The molecule has 1 unspecified atom stereocenters. The van der Waals surface area contributed by atoms with Gasteiger partial charge in [0.2, 0.25) is 0 Å². The minimum absolute atomic E-state index is 0.801. The summed E-state index contributed by atoms with van der Waals surface area (Å²) in [7, 11) is 1.78. The van der Waals surface area contributed by atoms with Gasteiger partial charge in [-0.2, -0.15) is 0 Å².